The molecule has 15 heavy (non-hydrogen) atoms. The maximum Gasteiger partial charge on any atom is 0.410 e. The van der Waals surface area contributed by atoms with Crippen molar-refractivity contribution in [3.63, 3.8) is 0 Å². The number of hydrogen-bond donors (Lipinski definition) is 1. The first-order chi connectivity index (χ1) is 7.02. The number of rotatable bonds is 2. The third-order valence-corrected chi connectivity index (χ3v) is 1.98. The number of carbonyl (C=O) groups is 2. The molecule has 1 N–H and O–H groups in total. The second-order valence-electron chi connectivity index (χ2n) is 3.55. The van der Waals surface area contributed by atoms with E-state index in [4.69, 9.17) is 14.6 Å². The van der Waals surface area contributed by atoms with Crippen molar-refractivity contribution in [3.8, 4) is 0 Å². The minimum Gasteiger partial charge on any atom is -0.480 e. The topological polar surface area (TPSA) is 76.1 Å². The molecule has 1 aliphatic heterocycles. The summed E-state index contributed by atoms with van der Waals surface area (Å²) in [7, 11) is 0. The van der Waals surface area contributed by atoms with Gasteiger partial charge in [-0.3, -0.25) is 4.90 Å². The van der Waals surface area contributed by atoms with Gasteiger partial charge in [-0.1, -0.05) is 0 Å². The van der Waals surface area contributed by atoms with Gasteiger partial charge in [0.05, 0.1) is 19.3 Å². The summed E-state index contributed by atoms with van der Waals surface area (Å²) >= 11 is 0. The van der Waals surface area contributed by atoms with E-state index < -0.39 is 18.1 Å². The summed E-state index contributed by atoms with van der Waals surface area (Å²) in [5, 5.41) is 8.86. The largest absolute Gasteiger partial charge is 0.480 e. The highest BCUT2D eigenvalue weighted by molar-refractivity contribution is 5.80. The monoisotopic (exact) mass is 217 g/mol. The molecule has 86 valence electrons. The van der Waals surface area contributed by atoms with Gasteiger partial charge in [0.2, 0.25) is 0 Å². The third kappa shape index (κ3) is 3.09. The van der Waals surface area contributed by atoms with Crippen LogP contribution in [0.25, 0.3) is 0 Å². The molecule has 1 unspecified atom stereocenters. The van der Waals surface area contributed by atoms with Gasteiger partial charge in [0.25, 0.3) is 0 Å². The molecule has 1 rings (SSSR count). The fourth-order valence-corrected chi connectivity index (χ4v) is 1.30. The Labute approximate surface area is 87.8 Å². The number of amides is 1. The van der Waals surface area contributed by atoms with Crippen molar-refractivity contribution in [3.05, 3.63) is 0 Å². The standard InChI is InChI=1S/C9H15NO5/c1-6(2)15-9(13)10-3-4-14-5-7(10)8(11)12/h6-7H,3-5H2,1-2H3,(H,11,12). The molecule has 0 aromatic rings. The molecule has 0 radical (unpaired) electrons. The number of hydrogen-bond acceptors (Lipinski definition) is 4. The highest BCUT2D eigenvalue weighted by Gasteiger charge is 2.33. The van der Waals surface area contributed by atoms with Crippen molar-refractivity contribution >= 4 is 12.1 Å². The molecule has 0 saturated carbocycles. The van der Waals surface area contributed by atoms with Gasteiger partial charge < -0.3 is 14.6 Å². The van der Waals surface area contributed by atoms with Crippen molar-refractivity contribution < 1.29 is 24.2 Å². The lowest BCUT2D eigenvalue weighted by molar-refractivity contribution is -0.148. The predicted molar refractivity (Wildman–Crippen MR) is 50.6 cm³/mol. The Morgan fingerprint density at radius 1 is 1.53 bits per heavy atom. The Bertz CT molecular complexity index is 253. The zero-order valence-corrected chi connectivity index (χ0v) is 8.80. The lowest BCUT2D eigenvalue weighted by Crippen LogP contribution is -2.53. The molecule has 1 saturated heterocycles. The minimum atomic E-state index is -1.07. The number of carbonyl (C=O) groups excluding carboxylic acids is 1. The molecule has 1 amide bonds. The Hall–Kier alpha value is -1.30. The van der Waals surface area contributed by atoms with Crippen molar-refractivity contribution in [1.82, 2.24) is 4.90 Å². The summed E-state index contributed by atoms with van der Waals surface area (Å²) in [6, 6.07) is -0.940. The summed E-state index contributed by atoms with van der Waals surface area (Å²) in [6.45, 7) is 4.05. The maximum absolute atomic E-state index is 11.5. The molecule has 6 heteroatoms. The van der Waals surface area contributed by atoms with Crippen LogP contribution < -0.4 is 0 Å². The van der Waals surface area contributed by atoms with Gasteiger partial charge >= 0.3 is 12.1 Å². The number of aliphatic carboxylic acids is 1. The highest BCUT2D eigenvalue weighted by atomic mass is 16.6. The molecule has 0 bridgehead atoms. The fraction of sp³-hybridized carbons (Fsp3) is 0.778. The molecule has 1 aliphatic rings. The minimum absolute atomic E-state index is 0.0164. The normalized spacial score (nSPS) is 21.5. The van der Waals surface area contributed by atoms with Crippen LogP contribution in [0.1, 0.15) is 13.8 Å². The lowest BCUT2D eigenvalue weighted by Gasteiger charge is -2.32. The van der Waals surface area contributed by atoms with Gasteiger partial charge in [-0.2, -0.15) is 0 Å². The Morgan fingerprint density at radius 2 is 2.20 bits per heavy atom. The van der Waals surface area contributed by atoms with E-state index in [0.717, 1.165) is 0 Å². The molecular weight excluding hydrogens is 202 g/mol. The predicted octanol–water partition coefficient (Wildman–Crippen LogP) is 0.317. The van der Waals surface area contributed by atoms with E-state index in [9.17, 15) is 9.59 Å². The van der Waals surface area contributed by atoms with Crippen molar-refractivity contribution in [2.24, 2.45) is 0 Å². The number of carboxylic acids is 1. The van der Waals surface area contributed by atoms with Gasteiger partial charge in [-0.15, -0.1) is 0 Å². The SMILES string of the molecule is CC(C)OC(=O)N1CCOCC1C(=O)O. The molecule has 1 heterocycles. The first kappa shape index (κ1) is 11.8. The van der Waals surface area contributed by atoms with Gasteiger partial charge in [-0.25, -0.2) is 9.59 Å². The van der Waals surface area contributed by atoms with Gasteiger partial charge in [0.1, 0.15) is 0 Å². The van der Waals surface area contributed by atoms with Crippen LogP contribution >= 0.6 is 0 Å². The van der Waals surface area contributed by atoms with Crippen LogP contribution in [-0.2, 0) is 14.3 Å². The fourth-order valence-electron chi connectivity index (χ4n) is 1.30. The van der Waals surface area contributed by atoms with Crippen LogP contribution in [0, 0.1) is 0 Å². The van der Waals surface area contributed by atoms with E-state index in [1.807, 2.05) is 0 Å². The zero-order chi connectivity index (χ0) is 11.4. The van der Waals surface area contributed by atoms with Gasteiger partial charge in [0.15, 0.2) is 6.04 Å². The van der Waals surface area contributed by atoms with E-state index in [1.54, 1.807) is 13.8 Å². The third-order valence-electron chi connectivity index (χ3n) is 1.98. The van der Waals surface area contributed by atoms with Crippen LogP contribution in [-0.4, -0.2) is 54.0 Å². The molecule has 0 aliphatic carbocycles. The molecule has 0 spiro atoms. The Kier molecular flexibility index (Phi) is 3.90. The summed E-state index contributed by atoms with van der Waals surface area (Å²) < 4.78 is 9.94. The van der Waals surface area contributed by atoms with Crippen molar-refractivity contribution in [1.29, 1.82) is 0 Å². The average Bonchev–Trinajstić information content (AvgIpc) is 2.16. The van der Waals surface area contributed by atoms with E-state index in [0.29, 0.717) is 6.61 Å². The molecule has 1 fully saturated rings. The van der Waals surface area contributed by atoms with Crippen LogP contribution in [0.15, 0.2) is 0 Å². The zero-order valence-electron chi connectivity index (χ0n) is 8.80. The van der Waals surface area contributed by atoms with E-state index in [2.05, 4.69) is 0 Å². The molecule has 6 nitrogen and oxygen atoms in total. The van der Waals surface area contributed by atoms with E-state index in [1.165, 1.54) is 4.90 Å². The van der Waals surface area contributed by atoms with Crippen LogP contribution in [0.5, 0.6) is 0 Å². The lowest BCUT2D eigenvalue weighted by atomic mass is 10.2. The number of morpholine rings is 1. The first-order valence-electron chi connectivity index (χ1n) is 4.80. The summed E-state index contributed by atoms with van der Waals surface area (Å²) in [6.07, 6.45) is -0.851. The maximum atomic E-state index is 11.5. The highest BCUT2D eigenvalue weighted by Crippen LogP contribution is 2.10. The van der Waals surface area contributed by atoms with Crippen LogP contribution in [0.3, 0.4) is 0 Å². The quantitative estimate of drug-likeness (QED) is 0.720. The summed E-state index contributed by atoms with van der Waals surface area (Å²) in [5.41, 5.74) is 0. The molecule has 1 atom stereocenters. The Balaban J connectivity index is 2.63. The summed E-state index contributed by atoms with van der Waals surface area (Å²) in [5.74, 6) is -1.07. The number of carboxylic acid groups (broad SMARTS) is 1. The second kappa shape index (κ2) is 4.97. The molecule has 0 aromatic heterocycles. The first-order valence-corrected chi connectivity index (χ1v) is 4.80. The smallest absolute Gasteiger partial charge is 0.410 e. The average molecular weight is 217 g/mol. The van der Waals surface area contributed by atoms with E-state index in [-0.39, 0.29) is 19.3 Å². The van der Waals surface area contributed by atoms with Crippen molar-refractivity contribution in [2.45, 2.75) is 26.0 Å². The van der Waals surface area contributed by atoms with Crippen LogP contribution in [0.2, 0.25) is 0 Å². The molecule has 0 aromatic carbocycles. The van der Waals surface area contributed by atoms with Crippen LogP contribution in [0.4, 0.5) is 4.79 Å². The number of nitrogens with zero attached hydrogens (tertiary/aromatic N) is 1. The van der Waals surface area contributed by atoms with Gasteiger partial charge in [0, 0.05) is 6.54 Å². The second-order valence-corrected chi connectivity index (χ2v) is 3.55. The van der Waals surface area contributed by atoms with Gasteiger partial charge in [-0.05, 0) is 13.8 Å². The Morgan fingerprint density at radius 3 is 2.73 bits per heavy atom. The van der Waals surface area contributed by atoms with E-state index >= 15 is 0 Å². The molecular formula is C9H15NO5. The van der Waals surface area contributed by atoms with Crippen molar-refractivity contribution in [2.75, 3.05) is 19.8 Å². The number of ether oxygens (including phenoxy) is 2. The summed E-state index contributed by atoms with van der Waals surface area (Å²) in [4.78, 5) is 23.5.